The molecule has 4 rings (SSSR count). The largest absolute Gasteiger partial charge is 1.00 e. The molecule has 0 saturated carbocycles. The number of quaternary nitrogens is 1. The highest BCUT2D eigenvalue weighted by molar-refractivity contribution is 6.31. The van der Waals surface area contributed by atoms with Crippen LogP contribution in [0.4, 0.5) is 0 Å². The van der Waals surface area contributed by atoms with Crippen LogP contribution in [0.2, 0.25) is 5.02 Å². The highest BCUT2D eigenvalue weighted by atomic mass is 35.5. The molecule has 3 aliphatic rings. The van der Waals surface area contributed by atoms with Gasteiger partial charge in [0.1, 0.15) is 6.54 Å². The smallest absolute Gasteiger partial charge is 0.106 e. The third-order valence-electron chi connectivity index (χ3n) is 4.73. The lowest BCUT2D eigenvalue weighted by atomic mass is 9.94. The number of hydrogen-bond acceptors (Lipinski definition) is 0. The lowest BCUT2D eigenvalue weighted by Gasteiger charge is -2.41. The SMILES string of the molecule is Clc1ccccc1C[N+]12CCCC(CC1)CC2.[Cl-]. The van der Waals surface area contributed by atoms with Crippen molar-refractivity contribution in [3.05, 3.63) is 34.9 Å². The van der Waals surface area contributed by atoms with E-state index >= 15 is 0 Å². The van der Waals surface area contributed by atoms with Crippen molar-refractivity contribution in [1.82, 2.24) is 0 Å². The van der Waals surface area contributed by atoms with Gasteiger partial charge in [0.2, 0.25) is 0 Å². The zero-order valence-electron chi connectivity index (χ0n) is 10.7. The molecule has 0 aromatic heterocycles. The Morgan fingerprint density at radius 3 is 2.50 bits per heavy atom. The Hall–Kier alpha value is -0.240. The third kappa shape index (κ3) is 2.84. The van der Waals surface area contributed by atoms with E-state index in [0.29, 0.717) is 0 Å². The van der Waals surface area contributed by atoms with Gasteiger partial charge in [-0.25, -0.2) is 0 Å². The van der Waals surface area contributed by atoms with Crippen LogP contribution in [0, 0.1) is 5.92 Å². The molecule has 0 radical (unpaired) electrons. The van der Waals surface area contributed by atoms with Crippen molar-refractivity contribution in [2.45, 2.75) is 32.2 Å². The molecule has 0 atom stereocenters. The summed E-state index contributed by atoms with van der Waals surface area (Å²) < 4.78 is 1.29. The summed E-state index contributed by atoms with van der Waals surface area (Å²) in [4.78, 5) is 0. The van der Waals surface area contributed by atoms with Gasteiger partial charge < -0.3 is 16.9 Å². The van der Waals surface area contributed by atoms with E-state index in [-0.39, 0.29) is 12.4 Å². The van der Waals surface area contributed by atoms with Crippen molar-refractivity contribution < 1.29 is 16.9 Å². The molecule has 2 bridgehead atoms. The summed E-state index contributed by atoms with van der Waals surface area (Å²) in [7, 11) is 0. The highest BCUT2D eigenvalue weighted by Gasteiger charge is 2.37. The molecule has 3 saturated heterocycles. The van der Waals surface area contributed by atoms with Crippen LogP contribution in [-0.4, -0.2) is 24.1 Å². The molecule has 100 valence electrons. The first-order chi connectivity index (χ1) is 8.27. The number of fused-ring (bicyclic) bond motifs is 4. The molecular formula is C15H21Cl2N. The molecule has 0 unspecified atom stereocenters. The monoisotopic (exact) mass is 285 g/mol. The summed E-state index contributed by atoms with van der Waals surface area (Å²) in [5, 5.41) is 0.950. The van der Waals surface area contributed by atoms with Crippen LogP contribution in [0.5, 0.6) is 0 Å². The molecule has 1 nitrogen and oxygen atoms in total. The topological polar surface area (TPSA) is 0 Å². The molecule has 3 fully saturated rings. The first-order valence-corrected chi connectivity index (χ1v) is 7.24. The number of piperidine rings is 1. The van der Waals surface area contributed by atoms with Gasteiger partial charge in [-0.3, -0.25) is 0 Å². The quantitative estimate of drug-likeness (QED) is 0.708. The second-order valence-corrected chi connectivity index (χ2v) is 6.25. The standard InChI is InChI=1S/C15H21ClN.ClH/c16-15-6-2-1-5-14(15)12-17-9-3-4-13(7-10-17)8-11-17;/h1-2,5-6,13H,3-4,7-12H2;1H/q+1;/p-1. The average molecular weight is 286 g/mol. The number of hydrogen-bond donors (Lipinski definition) is 0. The van der Waals surface area contributed by atoms with E-state index < -0.39 is 0 Å². The second kappa shape index (κ2) is 5.81. The first kappa shape index (κ1) is 14.2. The molecular weight excluding hydrogens is 265 g/mol. The molecule has 18 heavy (non-hydrogen) atoms. The molecule has 3 aliphatic heterocycles. The fraction of sp³-hybridized carbons (Fsp3) is 0.600. The van der Waals surface area contributed by atoms with Gasteiger partial charge in [-0.2, -0.15) is 0 Å². The molecule has 0 amide bonds. The number of nitrogens with zero attached hydrogens (tertiary/aromatic N) is 1. The Bertz CT molecular complexity index is 392. The van der Waals surface area contributed by atoms with E-state index in [4.69, 9.17) is 11.6 Å². The van der Waals surface area contributed by atoms with Crippen molar-refractivity contribution in [3.8, 4) is 0 Å². The Morgan fingerprint density at radius 2 is 1.78 bits per heavy atom. The maximum atomic E-state index is 6.31. The van der Waals surface area contributed by atoms with E-state index in [2.05, 4.69) is 12.1 Å². The third-order valence-corrected chi connectivity index (χ3v) is 5.10. The second-order valence-electron chi connectivity index (χ2n) is 5.85. The van der Waals surface area contributed by atoms with Crippen molar-refractivity contribution >= 4 is 11.6 Å². The zero-order valence-corrected chi connectivity index (χ0v) is 12.3. The fourth-order valence-corrected chi connectivity index (χ4v) is 3.82. The van der Waals surface area contributed by atoms with Crippen LogP contribution in [0.15, 0.2) is 24.3 Å². The molecule has 3 heteroatoms. The highest BCUT2D eigenvalue weighted by Crippen LogP contribution is 2.34. The Balaban J connectivity index is 0.00000120. The minimum atomic E-state index is 0. The molecule has 0 aliphatic carbocycles. The van der Waals surface area contributed by atoms with Gasteiger partial charge in [-0.05, 0) is 37.7 Å². The van der Waals surface area contributed by atoms with Crippen molar-refractivity contribution in [3.63, 3.8) is 0 Å². The number of benzene rings is 1. The van der Waals surface area contributed by atoms with Crippen LogP contribution in [0.3, 0.4) is 0 Å². The van der Waals surface area contributed by atoms with Crippen LogP contribution < -0.4 is 12.4 Å². The predicted molar refractivity (Wildman–Crippen MR) is 72.0 cm³/mol. The summed E-state index contributed by atoms with van der Waals surface area (Å²) >= 11 is 6.31. The van der Waals surface area contributed by atoms with Crippen LogP contribution >= 0.6 is 11.6 Å². The van der Waals surface area contributed by atoms with Gasteiger partial charge in [0.15, 0.2) is 0 Å². The Labute approximate surface area is 121 Å². The lowest BCUT2D eigenvalue weighted by Crippen LogP contribution is -3.00. The van der Waals surface area contributed by atoms with Crippen molar-refractivity contribution in [2.75, 3.05) is 19.6 Å². The molecule has 3 heterocycles. The van der Waals surface area contributed by atoms with Gasteiger partial charge in [-0.1, -0.05) is 29.8 Å². The van der Waals surface area contributed by atoms with E-state index in [1.165, 1.54) is 55.4 Å². The minimum Gasteiger partial charge on any atom is -1.00 e. The van der Waals surface area contributed by atoms with Gasteiger partial charge >= 0.3 is 0 Å². The fourth-order valence-electron chi connectivity index (χ4n) is 3.62. The van der Waals surface area contributed by atoms with Crippen LogP contribution in [0.1, 0.15) is 31.2 Å². The van der Waals surface area contributed by atoms with Crippen LogP contribution in [0.25, 0.3) is 0 Å². The van der Waals surface area contributed by atoms with E-state index in [1.54, 1.807) is 0 Å². The summed E-state index contributed by atoms with van der Waals surface area (Å²) in [5.41, 5.74) is 1.34. The maximum Gasteiger partial charge on any atom is 0.106 e. The summed E-state index contributed by atoms with van der Waals surface area (Å²) in [6, 6.07) is 8.37. The predicted octanol–water partition coefficient (Wildman–Crippen LogP) is 0.865. The van der Waals surface area contributed by atoms with E-state index in [0.717, 1.165) is 17.5 Å². The van der Waals surface area contributed by atoms with Gasteiger partial charge in [-0.15, -0.1) is 0 Å². The average Bonchev–Trinajstić information content (AvgIpc) is 2.66. The van der Waals surface area contributed by atoms with Gasteiger partial charge in [0.05, 0.1) is 19.6 Å². The molecule has 0 N–H and O–H groups in total. The molecule has 0 spiro atoms. The molecule has 1 aromatic carbocycles. The Kier molecular flexibility index (Phi) is 4.58. The number of rotatable bonds is 2. The summed E-state index contributed by atoms with van der Waals surface area (Å²) in [5.74, 6) is 1.02. The van der Waals surface area contributed by atoms with Crippen molar-refractivity contribution in [1.29, 1.82) is 0 Å². The minimum absolute atomic E-state index is 0. The Morgan fingerprint density at radius 1 is 1.06 bits per heavy atom. The normalized spacial score (nSPS) is 30.6. The molecule has 1 aromatic rings. The first-order valence-electron chi connectivity index (χ1n) is 6.86. The van der Waals surface area contributed by atoms with E-state index in [9.17, 15) is 0 Å². The van der Waals surface area contributed by atoms with E-state index in [1.807, 2.05) is 12.1 Å². The van der Waals surface area contributed by atoms with Gasteiger partial charge in [0, 0.05) is 10.6 Å². The summed E-state index contributed by atoms with van der Waals surface area (Å²) in [6.07, 6.45) is 5.74. The van der Waals surface area contributed by atoms with Gasteiger partial charge in [0.25, 0.3) is 0 Å². The summed E-state index contributed by atoms with van der Waals surface area (Å²) in [6.45, 7) is 5.25. The zero-order chi connectivity index (χ0) is 11.7. The number of halogens is 2. The van der Waals surface area contributed by atoms with Crippen LogP contribution in [-0.2, 0) is 6.54 Å². The lowest BCUT2D eigenvalue weighted by molar-refractivity contribution is -0.943. The maximum absolute atomic E-state index is 6.31. The van der Waals surface area contributed by atoms with Crippen molar-refractivity contribution in [2.24, 2.45) is 5.92 Å².